The second kappa shape index (κ2) is 8.11. The molecule has 0 radical (unpaired) electrons. The summed E-state index contributed by atoms with van der Waals surface area (Å²) in [5.41, 5.74) is 7.78. The Morgan fingerprint density at radius 2 is 1.87 bits per heavy atom. The summed E-state index contributed by atoms with van der Waals surface area (Å²) in [4.78, 5) is 13.5. The van der Waals surface area contributed by atoms with Crippen LogP contribution < -0.4 is 5.73 Å². The Morgan fingerprint density at radius 3 is 2.70 bits per heavy atom. The molecule has 0 amide bonds. The monoisotopic (exact) mass is 420 g/mol. The van der Waals surface area contributed by atoms with Gasteiger partial charge in [0.25, 0.3) is 0 Å². The van der Waals surface area contributed by atoms with E-state index in [9.17, 15) is 0 Å². The van der Waals surface area contributed by atoms with Gasteiger partial charge in [0.2, 0.25) is 6.29 Å². The van der Waals surface area contributed by atoms with E-state index in [0.717, 1.165) is 12.1 Å². The lowest BCUT2D eigenvalue weighted by molar-refractivity contribution is -0.0236. The molecule has 1 unspecified atom stereocenters. The first-order chi connectivity index (χ1) is 14.7. The first-order valence-electron chi connectivity index (χ1n) is 9.58. The smallest absolute Gasteiger partial charge is 0.245 e. The number of aryl methyl sites for hydroxylation is 2. The third kappa shape index (κ3) is 3.97. The average molecular weight is 420 g/mol. The highest BCUT2D eigenvalue weighted by Gasteiger charge is 2.24. The summed E-state index contributed by atoms with van der Waals surface area (Å²) in [5.74, 6) is 1.07. The minimum Gasteiger partial charge on any atom is -0.458 e. The molecule has 1 aromatic heterocycles. The second-order valence-electron chi connectivity index (χ2n) is 6.83. The molecule has 30 heavy (non-hydrogen) atoms. The SMILES string of the molecule is Nc1ncn(CCn2cccc2)c2nc(SC3=COC(Cc4ccccc4)O3)nc1-2. The lowest BCUT2D eigenvalue weighted by Crippen LogP contribution is -2.12. The number of thioether (sulfide) groups is 1. The van der Waals surface area contributed by atoms with E-state index in [4.69, 9.17) is 15.2 Å². The number of rotatable bonds is 7. The summed E-state index contributed by atoms with van der Waals surface area (Å²) in [5, 5.41) is 1.17. The van der Waals surface area contributed by atoms with Gasteiger partial charge in [0.1, 0.15) is 6.26 Å². The second-order valence-corrected chi connectivity index (χ2v) is 7.81. The number of benzene rings is 1. The molecular weight excluding hydrogens is 400 g/mol. The van der Waals surface area contributed by atoms with E-state index in [2.05, 4.69) is 19.5 Å². The van der Waals surface area contributed by atoms with Crippen LogP contribution in [-0.2, 0) is 29.0 Å². The minimum absolute atomic E-state index is 0.350. The Hall–Kier alpha value is -3.46. The van der Waals surface area contributed by atoms with E-state index in [-0.39, 0.29) is 6.29 Å². The summed E-state index contributed by atoms with van der Waals surface area (Å²) in [6.07, 6.45) is 7.68. The van der Waals surface area contributed by atoms with Crippen LogP contribution in [0.5, 0.6) is 0 Å². The van der Waals surface area contributed by atoms with Gasteiger partial charge in [0.15, 0.2) is 27.6 Å². The van der Waals surface area contributed by atoms with Gasteiger partial charge in [-0.1, -0.05) is 30.3 Å². The van der Waals surface area contributed by atoms with E-state index in [1.807, 2.05) is 59.4 Å². The molecule has 0 aliphatic carbocycles. The van der Waals surface area contributed by atoms with Crippen LogP contribution in [0, 0.1) is 0 Å². The fraction of sp³-hybridized carbons (Fsp3) is 0.190. The quantitative estimate of drug-likeness (QED) is 0.490. The molecular formula is C21H20N6O2S. The molecule has 9 heteroatoms. The molecule has 4 heterocycles. The van der Waals surface area contributed by atoms with E-state index in [1.165, 1.54) is 11.8 Å². The van der Waals surface area contributed by atoms with Crippen LogP contribution in [0.25, 0.3) is 11.5 Å². The largest absolute Gasteiger partial charge is 0.458 e. The molecule has 0 saturated heterocycles. The van der Waals surface area contributed by atoms with Gasteiger partial charge in [0.05, 0.1) is 6.33 Å². The highest BCUT2D eigenvalue weighted by Crippen LogP contribution is 2.34. The maximum atomic E-state index is 6.03. The van der Waals surface area contributed by atoms with E-state index in [1.54, 1.807) is 12.6 Å². The third-order valence-corrected chi connectivity index (χ3v) is 5.50. The predicted molar refractivity (Wildman–Crippen MR) is 113 cm³/mol. The summed E-state index contributed by atoms with van der Waals surface area (Å²) < 4.78 is 15.6. The van der Waals surface area contributed by atoms with Crippen LogP contribution in [0.15, 0.2) is 77.7 Å². The molecule has 5 rings (SSSR count). The molecule has 1 atom stereocenters. The van der Waals surface area contributed by atoms with Crippen LogP contribution in [-0.4, -0.2) is 30.4 Å². The lowest BCUT2D eigenvalue weighted by Gasteiger charge is -2.11. The number of anilines is 1. The van der Waals surface area contributed by atoms with Crippen molar-refractivity contribution in [2.45, 2.75) is 31.0 Å². The molecule has 2 N–H and O–H groups in total. The van der Waals surface area contributed by atoms with Crippen molar-refractivity contribution in [2.24, 2.45) is 0 Å². The number of nitrogen functional groups attached to an aromatic ring is 1. The van der Waals surface area contributed by atoms with Crippen LogP contribution in [0.2, 0.25) is 0 Å². The fourth-order valence-corrected chi connectivity index (χ4v) is 3.94. The zero-order chi connectivity index (χ0) is 20.3. The predicted octanol–water partition coefficient (Wildman–Crippen LogP) is 3.37. The molecule has 0 spiro atoms. The van der Waals surface area contributed by atoms with Crippen molar-refractivity contribution < 1.29 is 9.47 Å². The number of nitrogens with two attached hydrogens (primary N) is 1. The number of hydrogen-bond donors (Lipinski definition) is 1. The number of nitrogens with zero attached hydrogens (tertiary/aromatic N) is 5. The van der Waals surface area contributed by atoms with Gasteiger partial charge in [-0.25, -0.2) is 15.0 Å². The summed E-state index contributed by atoms with van der Waals surface area (Å²) in [7, 11) is 0. The first kappa shape index (κ1) is 18.6. The average Bonchev–Trinajstić information content (AvgIpc) is 3.50. The summed E-state index contributed by atoms with van der Waals surface area (Å²) in [6, 6.07) is 14.1. The van der Waals surface area contributed by atoms with Gasteiger partial charge in [-0.3, -0.25) is 0 Å². The number of aromatic nitrogens is 5. The summed E-state index contributed by atoms with van der Waals surface area (Å²) in [6.45, 7) is 1.51. The van der Waals surface area contributed by atoms with Crippen LogP contribution in [0.4, 0.5) is 5.82 Å². The zero-order valence-corrected chi connectivity index (χ0v) is 16.9. The Labute approximate surface area is 177 Å². The third-order valence-electron chi connectivity index (χ3n) is 4.74. The van der Waals surface area contributed by atoms with Crippen molar-refractivity contribution in [1.82, 2.24) is 24.1 Å². The zero-order valence-electron chi connectivity index (χ0n) is 16.1. The normalized spacial score (nSPS) is 15.7. The van der Waals surface area contributed by atoms with Crippen molar-refractivity contribution in [3.63, 3.8) is 0 Å². The summed E-state index contributed by atoms with van der Waals surface area (Å²) >= 11 is 1.31. The Kier molecular flexibility index (Phi) is 5.02. The highest BCUT2D eigenvalue weighted by molar-refractivity contribution is 8.02. The van der Waals surface area contributed by atoms with Crippen molar-refractivity contribution in [1.29, 1.82) is 0 Å². The van der Waals surface area contributed by atoms with Crippen molar-refractivity contribution in [3.05, 3.63) is 78.1 Å². The molecule has 3 aliphatic rings. The molecule has 3 aliphatic heterocycles. The minimum atomic E-state index is -0.350. The molecule has 0 bridgehead atoms. The molecule has 0 saturated carbocycles. The van der Waals surface area contributed by atoms with Crippen LogP contribution in [0.1, 0.15) is 5.56 Å². The van der Waals surface area contributed by atoms with Crippen LogP contribution in [0.3, 0.4) is 0 Å². The van der Waals surface area contributed by atoms with E-state index in [0.29, 0.717) is 40.5 Å². The Morgan fingerprint density at radius 1 is 1.03 bits per heavy atom. The first-order valence-corrected chi connectivity index (χ1v) is 10.4. The standard InChI is InChI=1S/C21H20N6O2S/c22-19-18-20(27(14-23-19)11-10-26-8-4-5-9-26)25-21(24-18)30-17-13-28-16(29-17)12-15-6-2-1-3-7-15/h1-9,13-14,16H,10-12,22H2. The number of imidazole rings is 1. The lowest BCUT2D eigenvalue weighted by atomic mass is 10.1. The van der Waals surface area contributed by atoms with Crippen molar-refractivity contribution in [2.75, 3.05) is 5.73 Å². The van der Waals surface area contributed by atoms with Crippen LogP contribution >= 0.6 is 11.8 Å². The molecule has 2 aromatic rings. The maximum Gasteiger partial charge on any atom is 0.245 e. The number of hydrogen-bond acceptors (Lipinski definition) is 7. The van der Waals surface area contributed by atoms with Gasteiger partial charge < -0.3 is 24.3 Å². The van der Waals surface area contributed by atoms with Crippen molar-refractivity contribution in [3.8, 4) is 11.5 Å². The Balaban J connectivity index is 1.27. The molecule has 8 nitrogen and oxygen atoms in total. The molecule has 0 fully saturated rings. The van der Waals surface area contributed by atoms with Crippen molar-refractivity contribution >= 4 is 17.6 Å². The highest BCUT2D eigenvalue weighted by atomic mass is 32.2. The number of ether oxygens (including phenoxy) is 2. The van der Waals surface area contributed by atoms with Gasteiger partial charge in [-0.2, -0.15) is 0 Å². The van der Waals surface area contributed by atoms with E-state index < -0.39 is 0 Å². The van der Waals surface area contributed by atoms with E-state index >= 15 is 0 Å². The molecule has 152 valence electrons. The van der Waals surface area contributed by atoms with Gasteiger partial charge in [0, 0.05) is 31.9 Å². The molecule has 1 aromatic carbocycles. The van der Waals surface area contributed by atoms with Gasteiger partial charge in [-0.15, -0.1) is 0 Å². The number of fused-ring (bicyclic) bond motifs is 1. The fourth-order valence-electron chi connectivity index (χ4n) is 3.24. The maximum absolute atomic E-state index is 6.03. The van der Waals surface area contributed by atoms with Gasteiger partial charge in [-0.05, 0) is 29.5 Å². The van der Waals surface area contributed by atoms with Gasteiger partial charge >= 0.3 is 0 Å². The topological polar surface area (TPSA) is 93.0 Å². The Bertz CT molecular complexity index is 1130.